The van der Waals surface area contributed by atoms with Crippen molar-refractivity contribution >= 4 is 33.4 Å². The van der Waals surface area contributed by atoms with Gasteiger partial charge in [0, 0.05) is 22.6 Å². The molecular weight excluding hydrogens is 675 g/mol. The first-order valence-corrected chi connectivity index (χ1v) is 19.8. The van der Waals surface area contributed by atoms with Crippen LogP contribution in [0, 0.1) is 5.92 Å². The molecule has 0 saturated heterocycles. The highest BCUT2D eigenvalue weighted by Crippen LogP contribution is 2.56. The van der Waals surface area contributed by atoms with Crippen molar-refractivity contribution < 1.29 is 0 Å². The van der Waals surface area contributed by atoms with E-state index in [-0.39, 0.29) is 5.41 Å². The molecular formula is C55H43N. The standard InChI is InChI=1S/C55H43N/c1-55(2)51-36-45(42-26-24-40(25-27-42)38-14-5-3-6-15-38)32-34-49(51)50-35-33-46(37-52(50)55)56(54-23-13-19-43-18-9-10-20-47(43)54)53-22-12-11-21-48(53)44-30-28-41(29-31-44)39-16-7-4-8-17-39/h3-37,49,51H,1-2H3. The summed E-state index contributed by atoms with van der Waals surface area (Å²) in [4.78, 5) is 2.49. The summed E-state index contributed by atoms with van der Waals surface area (Å²) in [5.74, 6) is 0.686. The summed E-state index contributed by atoms with van der Waals surface area (Å²) in [6, 6.07) is 70.9. The smallest absolute Gasteiger partial charge is 0.0540 e. The molecule has 0 spiro atoms. The summed E-state index contributed by atoms with van der Waals surface area (Å²) >= 11 is 0. The molecule has 2 atom stereocenters. The molecule has 0 bridgehead atoms. The number of hydrogen-bond acceptors (Lipinski definition) is 1. The molecule has 0 N–H and O–H groups in total. The molecule has 10 rings (SSSR count). The summed E-state index contributed by atoms with van der Waals surface area (Å²) in [6.07, 6.45) is 7.34. The van der Waals surface area contributed by atoms with E-state index >= 15 is 0 Å². The van der Waals surface area contributed by atoms with Gasteiger partial charge >= 0.3 is 0 Å². The second-order valence-corrected chi connectivity index (χ2v) is 15.8. The molecule has 8 aromatic carbocycles. The van der Waals surface area contributed by atoms with E-state index in [9.17, 15) is 0 Å². The Morgan fingerprint density at radius 3 is 1.73 bits per heavy atom. The van der Waals surface area contributed by atoms with Crippen LogP contribution in [0.25, 0.3) is 49.7 Å². The Kier molecular flexibility index (Phi) is 8.37. The van der Waals surface area contributed by atoms with E-state index in [4.69, 9.17) is 0 Å². The van der Waals surface area contributed by atoms with Gasteiger partial charge in [-0.3, -0.25) is 0 Å². The van der Waals surface area contributed by atoms with Crippen molar-refractivity contribution in [1.82, 2.24) is 0 Å². The average Bonchev–Trinajstić information content (AvgIpc) is 3.49. The minimum absolute atomic E-state index is 0.0762. The van der Waals surface area contributed by atoms with Gasteiger partial charge in [-0.05, 0) is 91.1 Å². The van der Waals surface area contributed by atoms with Gasteiger partial charge in [-0.2, -0.15) is 0 Å². The predicted octanol–water partition coefficient (Wildman–Crippen LogP) is 15.0. The first kappa shape index (κ1) is 33.8. The van der Waals surface area contributed by atoms with E-state index in [2.05, 4.69) is 231 Å². The third kappa shape index (κ3) is 5.88. The van der Waals surface area contributed by atoms with Crippen LogP contribution in [0.15, 0.2) is 212 Å². The Balaban J connectivity index is 1.06. The van der Waals surface area contributed by atoms with Gasteiger partial charge in [-0.1, -0.05) is 202 Å². The predicted molar refractivity (Wildman–Crippen MR) is 238 cm³/mol. The van der Waals surface area contributed by atoms with Crippen molar-refractivity contribution in [3.63, 3.8) is 0 Å². The number of rotatable bonds is 7. The van der Waals surface area contributed by atoms with Crippen molar-refractivity contribution in [2.75, 3.05) is 4.90 Å². The SMILES string of the molecule is CC1(C)c2cc(N(c3ccccc3-c3ccc(-c4ccccc4)cc3)c3cccc4ccccc34)ccc2C2C=CC(c3ccc(-c4ccccc4)cc3)=CC21. The lowest BCUT2D eigenvalue weighted by molar-refractivity contribution is 0.395. The maximum absolute atomic E-state index is 2.54. The van der Waals surface area contributed by atoms with Crippen LogP contribution in [0.4, 0.5) is 17.1 Å². The number of nitrogens with zero attached hydrogens (tertiary/aromatic N) is 1. The largest absolute Gasteiger partial charge is 0.309 e. The summed E-state index contributed by atoms with van der Waals surface area (Å²) in [5.41, 5.74) is 16.2. The van der Waals surface area contributed by atoms with E-state index in [0.29, 0.717) is 11.8 Å². The van der Waals surface area contributed by atoms with Crippen LogP contribution < -0.4 is 4.90 Å². The second kappa shape index (κ2) is 13.9. The molecule has 0 radical (unpaired) electrons. The molecule has 2 unspecified atom stereocenters. The maximum atomic E-state index is 2.54. The third-order valence-electron chi connectivity index (χ3n) is 12.2. The van der Waals surface area contributed by atoms with Crippen LogP contribution in [-0.4, -0.2) is 0 Å². The van der Waals surface area contributed by atoms with Gasteiger partial charge in [-0.15, -0.1) is 0 Å². The highest BCUT2D eigenvalue weighted by atomic mass is 15.1. The number of allylic oxidation sites excluding steroid dienone is 4. The molecule has 8 aromatic rings. The zero-order chi connectivity index (χ0) is 37.6. The van der Waals surface area contributed by atoms with Crippen LogP contribution in [0.3, 0.4) is 0 Å². The van der Waals surface area contributed by atoms with Crippen LogP contribution in [0.5, 0.6) is 0 Å². The molecule has 0 fully saturated rings. The van der Waals surface area contributed by atoms with Crippen molar-refractivity contribution in [1.29, 1.82) is 0 Å². The van der Waals surface area contributed by atoms with Crippen molar-refractivity contribution in [3.8, 4) is 33.4 Å². The highest BCUT2D eigenvalue weighted by molar-refractivity contribution is 6.01. The van der Waals surface area contributed by atoms with Crippen molar-refractivity contribution in [2.45, 2.75) is 25.2 Å². The maximum Gasteiger partial charge on any atom is 0.0540 e. The zero-order valence-corrected chi connectivity index (χ0v) is 31.8. The molecule has 0 amide bonds. The fraction of sp³-hybridized carbons (Fsp3) is 0.0909. The van der Waals surface area contributed by atoms with Gasteiger partial charge in [0.1, 0.15) is 0 Å². The first-order chi connectivity index (χ1) is 27.5. The Hall–Kier alpha value is -6.70. The van der Waals surface area contributed by atoms with Crippen LogP contribution >= 0.6 is 0 Å². The van der Waals surface area contributed by atoms with Gasteiger partial charge in [0.05, 0.1) is 11.4 Å². The number of para-hydroxylation sites is 1. The van der Waals surface area contributed by atoms with Gasteiger partial charge in [-0.25, -0.2) is 0 Å². The Morgan fingerprint density at radius 1 is 0.464 bits per heavy atom. The van der Waals surface area contributed by atoms with Crippen LogP contribution in [0.1, 0.15) is 36.5 Å². The van der Waals surface area contributed by atoms with E-state index in [1.807, 2.05) is 0 Å². The number of fused-ring (bicyclic) bond motifs is 4. The monoisotopic (exact) mass is 717 g/mol. The fourth-order valence-corrected chi connectivity index (χ4v) is 9.22. The summed E-state index contributed by atoms with van der Waals surface area (Å²) in [5, 5.41) is 2.46. The first-order valence-electron chi connectivity index (χ1n) is 19.8. The Morgan fingerprint density at radius 2 is 1.02 bits per heavy atom. The van der Waals surface area contributed by atoms with Gasteiger partial charge < -0.3 is 4.90 Å². The van der Waals surface area contributed by atoms with Crippen molar-refractivity contribution in [3.05, 3.63) is 229 Å². The summed E-state index contributed by atoms with van der Waals surface area (Å²) in [6.45, 7) is 4.88. The van der Waals surface area contributed by atoms with E-state index in [0.717, 1.165) is 5.69 Å². The number of anilines is 3. The molecule has 0 saturated carbocycles. The molecule has 2 aliphatic carbocycles. The Bertz CT molecular complexity index is 2750. The summed E-state index contributed by atoms with van der Waals surface area (Å²) < 4.78 is 0. The zero-order valence-electron chi connectivity index (χ0n) is 31.8. The van der Waals surface area contributed by atoms with Gasteiger partial charge in [0.15, 0.2) is 0 Å². The van der Waals surface area contributed by atoms with Gasteiger partial charge in [0.25, 0.3) is 0 Å². The quantitative estimate of drug-likeness (QED) is 0.159. The molecule has 0 aromatic heterocycles. The molecule has 0 heterocycles. The van der Waals surface area contributed by atoms with Crippen LogP contribution in [0.2, 0.25) is 0 Å². The van der Waals surface area contributed by atoms with E-state index in [1.54, 1.807) is 0 Å². The van der Waals surface area contributed by atoms with E-state index < -0.39 is 0 Å². The normalized spacial score (nSPS) is 16.6. The minimum Gasteiger partial charge on any atom is -0.309 e. The number of benzene rings is 8. The topological polar surface area (TPSA) is 3.24 Å². The minimum atomic E-state index is -0.0762. The van der Waals surface area contributed by atoms with Gasteiger partial charge in [0.2, 0.25) is 0 Å². The molecule has 268 valence electrons. The van der Waals surface area contributed by atoms with Crippen LogP contribution in [-0.2, 0) is 5.41 Å². The average molecular weight is 718 g/mol. The second-order valence-electron chi connectivity index (χ2n) is 15.8. The molecule has 1 heteroatoms. The lowest BCUT2D eigenvalue weighted by atomic mass is 9.73. The molecule has 56 heavy (non-hydrogen) atoms. The lowest BCUT2D eigenvalue weighted by Gasteiger charge is -2.32. The Labute approximate surface area is 330 Å². The summed E-state index contributed by atoms with van der Waals surface area (Å²) in [7, 11) is 0. The third-order valence-corrected chi connectivity index (χ3v) is 12.2. The fourth-order valence-electron chi connectivity index (χ4n) is 9.22. The lowest BCUT2D eigenvalue weighted by Crippen LogP contribution is -2.25. The molecule has 1 nitrogen and oxygen atoms in total. The molecule has 2 aliphatic rings. The molecule has 0 aliphatic heterocycles. The highest BCUT2D eigenvalue weighted by Gasteiger charge is 2.45. The van der Waals surface area contributed by atoms with E-state index in [1.165, 1.54) is 77.8 Å². The van der Waals surface area contributed by atoms with Crippen molar-refractivity contribution in [2.24, 2.45) is 5.92 Å². The number of hydrogen-bond donors (Lipinski definition) is 0.